The molecule has 1 aliphatic heterocycles. The molecule has 0 nitrogen and oxygen atoms in total. The third kappa shape index (κ3) is 4.75. The molecule has 0 radical (unpaired) electrons. The van der Waals surface area contributed by atoms with E-state index in [1.165, 1.54) is 34.6 Å². The van der Waals surface area contributed by atoms with Crippen LogP contribution in [0.4, 0.5) is 0 Å². The average Bonchev–Trinajstić information content (AvgIpc) is 2.33. The molecule has 104 valence electrons. The summed E-state index contributed by atoms with van der Waals surface area (Å²) in [5, 5.41) is 0. The van der Waals surface area contributed by atoms with Crippen LogP contribution in [0.3, 0.4) is 0 Å². The first-order valence-electron chi connectivity index (χ1n) is 7.82. The van der Waals surface area contributed by atoms with Crippen molar-refractivity contribution in [3.63, 3.8) is 0 Å². The quantitative estimate of drug-likeness (QED) is 0.520. The van der Waals surface area contributed by atoms with Crippen molar-refractivity contribution >= 4 is 18.4 Å². The van der Waals surface area contributed by atoms with Crippen LogP contribution in [0.25, 0.3) is 0 Å². The summed E-state index contributed by atoms with van der Waals surface area (Å²) in [5.41, 5.74) is 0.389. The third-order valence-electron chi connectivity index (χ3n) is 4.26. The molecule has 0 fully saturated rings. The molecule has 0 aromatic carbocycles. The first-order chi connectivity index (χ1) is 8.43. The Morgan fingerprint density at radius 2 is 1.33 bits per heavy atom. The van der Waals surface area contributed by atoms with Crippen molar-refractivity contribution in [1.29, 1.82) is 0 Å². The Balaban J connectivity index is 2.74. The van der Waals surface area contributed by atoms with Gasteiger partial charge in [0.1, 0.15) is 0 Å². The van der Waals surface area contributed by atoms with Crippen LogP contribution in [0.2, 0.25) is 8.87 Å². The van der Waals surface area contributed by atoms with Gasteiger partial charge in [0.25, 0.3) is 0 Å². The molecule has 1 heterocycles. The van der Waals surface area contributed by atoms with E-state index in [0.717, 1.165) is 0 Å². The monoisotopic (exact) mass is 356 g/mol. The Morgan fingerprint density at radius 1 is 0.889 bits per heavy atom. The van der Waals surface area contributed by atoms with E-state index in [1.54, 1.807) is 0 Å². The summed E-state index contributed by atoms with van der Waals surface area (Å²) < 4.78 is 8.54. The molecular formula is C17H32Sn. The third-order valence-corrected chi connectivity index (χ3v) is 16.5. The van der Waals surface area contributed by atoms with Crippen LogP contribution >= 0.6 is 0 Å². The predicted molar refractivity (Wildman–Crippen MR) is 86.4 cm³/mol. The maximum atomic E-state index is 2.73. The van der Waals surface area contributed by atoms with E-state index < -0.39 is 18.4 Å². The van der Waals surface area contributed by atoms with Crippen LogP contribution < -0.4 is 0 Å². The van der Waals surface area contributed by atoms with Gasteiger partial charge in [0.15, 0.2) is 0 Å². The second kappa shape index (κ2) is 7.17. The minimum atomic E-state index is -2.01. The van der Waals surface area contributed by atoms with Gasteiger partial charge in [0.2, 0.25) is 0 Å². The fraction of sp³-hybridized carbons (Fsp3) is 0.765. The molecule has 0 aliphatic carbocycles. The number of hydrogen-bond acceptors (Lipinski definition) is 0. The van der Waals surface area contributed by atoms with Crippen LogP contribution in [0.1, 0.15) is 60.3 Å². The zero-order valence-electron chi connectivity index (χ0n) is 13.1. The molecule has 0 atom stereocenters. The summed E-state index contributed by atoms with van der Waals surface area (Å²) in [4.78, 5) is 0. The summed E-state index contributed by atoms with van der Waals surface area (Å²) in [5.74, 6) is 0.658. The molecule has 18 heavy (non-hydrogen) atoms. The van der Waals surface area contributed by atoms with E-state index in [-0.39, 0.29) is 0 Å². The molecule has 0 N–H and O–H groups in total. The fourth-order valence-electron chi connectivity index (χ4n) is 2.76. The Kier molecular flexibility index (Phi) is 6.50. The topological polar surface area (TPSA) is 0 Å². The molecule has 0 spiro atoms. The summed E-state index contributed by atoms with van der Waals surface area (Å²) in [7, 11) is 0. The van der Waals surface area contributed by atoms with Crippen LogP contribution in [-0.4, -0.2) is 18.4 Å². The first kappa shape index (κ1) is 16.3. The number of allylic oxidation sites excluding steroid dienone is 2. The van der Waals surface area contributed by atoms with Gasteiger partial charge >= 0.3 is 119 Å². The maximum absolute atomic E-state index is 2.73. The Morgan fingerprint density at radius 3 is 1.67 bits per heavy atom. The molecule has 1 heteroatoms. The van der Waals surface area contributed by atoms with Crippen LogP contribution in [0.5, 0.6) is 0 Å². The number of hydrogen-bond donors (Lipinski definition) is 0. The zero-order chi connectivity index (χ0) is 13.6. The summed E-state index contributed by atoms with van der Waals surface area (Å²) in [6, 6.07) is 0. The van der Waals surface area contributed by atoms with E-state index in [2.05, 4.69) is 55.0 Å². The molecule has 0 amide bonds. The van der Waals surface area contributed by atoms with Crippen molar-refractivity contribution in [3.05, 3.63) is 20.3 Å². The normalized spacial score (nSPS) is 19.4. The second-order valence-electron chi connectivity index (χ2n) is 7.05. The minimum absolute atomic E-state index is 0.389. The SMILES string of the molecule is CCC[CH2][Sn]1([CH2]CCC)[CH]=CC(C(C)(C)C)C=[CH]1. The van der Waals surface area contributed by atoms with Crippen LogP contribution in [0, 0.1) is 11.3 Å². The van der Waals surface area contributed by atoms with Crippen molar-refractivity contribution in [2.24, 2.45) is 11.3 Å². The fourth-order valence-corrected chi connectivity index (χ4v) is 14.8. The summed E-state index contributed by atoms with van der Waals surface area (Å²) >= 11 is -2.01. The number of rotatable bonds is 6. The van der Waals surface area contributed by atoms with Gasteiger partial charge in [-0.2, -0.15) is 0 Å². The molecule has 0 saturated carbocycles. The van der Waals surface area contributed by atoms with Crippen molar-refractivity contribution in [2.45, 2.75) is 69.2 Å². The van der Waals surface area contributed by atoms with Gasteiger partial charge in [-0.25, -0.2) is 0 Å². The van der Waals surface area contributed by atoms with Crippen LogP contribution in [0.15, 0.2) is 20.3 Å². The molecule has 0 aromatic rings. The first-order valence-corrected chi connectivity index (χ1v) is 15.2. The second-order valence-corrected chi connectivity index (χ2v) is 18.8. The van der Waals surface area contributed by atoms with Gasteiger partial charge in [-0.05, 0) is 0 Å². The van der Waals surface area contributed by atoms with Gasteiger partial charge in [-0.1, -0.05) is 0 Å². The van der Waals surface area contributed by atoms with Crippen LogP contribution in [-0.2, 0) is 0 Å². The molecule has 0 unspecified atom stereocenters. The molecule has 1 aliphatic rings. The molecular weight excluding hydrogens is 323 g/mol. The summed E-state index contributed by atoms with van der Waals surface area (Å²) in [6.45, 7) is 11.7. The van der Waals surface area contributed by atoms with E-state index in [9.17, 15) is 0 Å². The van der Waals surface area contributed by atoms with E-state index >= 15 is 0 Å². The van der Waals surface area contributed by atoms with Gasteiger partial charge in [-0.3, -0.25) is 0 Å². The zero-order valence-corrected chi connectivity index (χ0v) is 16.0. The average molecular weight is 355 g/mol. The van der Waals surface area contributed by atoms with Gasteiger partial charge < -0.3 is 0 Å². The Labute approximate surface area is 119 Å². The number of unbranched alkanes of at least 4 members (excludes halogenated alkanes) is 2. The van der Waals surface area contributed by atoms with Crippen molar-refractivity contribution in [2.75, 3.05) is 0 Å². The van der Waals surface area contributed by atoms with Crippen molar-refractivity contribution in [3.8, 4) is 0 Å². The Bertz CT molecular complexity index is 269. The van der Waals surface area contributed by atoms with E-state index in [0.29, 0.717) is 11.3 Å². The molecule has 0 saturated heterocycles. The standard InChI is InChI=1S/C9H14.2C4H9.Sn/c1-6-8(7-2)9(3,4)5;2*1-3-4-2;/h1-2,6-8H,3-5H3;2*1,3-4H2,2H3;. The predicted octanol–water partition coefficient (Wildman–Crippen LogP) is 5.90. The molecule has 0 aromatic heterocycles. The van der Waals surface area contributed by atoms with Gasteiger partial charge in [-0.15, -0.1) is 0 Å². The van der Waals surface area contributed by atoms with E-state index in [1.807, 2.05) is 0 Å². The van der Waals surface area contributed by atoms with Gasteiger partial charge in [0, 0.05) is 0 Å². The van der Waals surface area contributed by atoms with Crippen molar-refractivity contribution < 1.29 is 0 Å². The molecule has 1 rings (SSSR count). The van der Waals surface area contributed by atoms with E-state index in [4.69, 9.17) is 0 Å². The molecule has 0 bridgehead atoms. The summed E-state index contributed by atoms with van der Waals surface area (Å²) in [6.07, 6.45) is 10.7. The Hall–Kier alpha value is 0.279. The van der Waals surface area contributed by atoms with Gasteiger partial charge in [0.05, 0.1) is 0 Å². The van der Waals surface area contributed by atoms with Crippen molar-refractivity contribution in [1.82, 2.24) is 0 Å².